The van der Waals surface area contributed by atoms with Crippen molar-refractivity contribution >= 4 is 50.2 Å². The van der Waals surface area contributed by atoms with Crippen molar-refractivity contribution < 1.29 is 27.2 Å². The minimum absolute atomic E-state index is 0.0447. The largest absolute Gasteiger partial charge is 0.497 e. The molecule has 1 aliphatic heterocycles. The van der Waals surface area contributed by atoms with E-state index < -0.39 is 27.9 Å². The number of para-hydroxylation sites is 2. The zero-order valence-corrected chi connectivity index (χ0v) is 23.9. The second kappa shape index (κ2) is 11.1. The van der Waals surface area contributed by atoms with Crippen LogP contribution in [0.2, 0.25) is 5.02 Å². The van der Waals surface area contributed by atoms with E-state index in [2.05, 4.69) is 4.98 Å². The molecule has 212 valence electrons. The number of aromatic nitrogens is 1. The van der Waals surface area contributed by atoms with E-state index in [9.17, 15) is 18.0 Å². The number of amides is 2. The van der Waals surface area contributed by atoms with Crippen molar-refractivity contribution in [1.82, 2.24) is 9.29 Å². The summed E-state index contributed by atoms with van der Waals surface area (Å²) in [6.45, 7) is -0.206. The number of hydrogen-bond acceptors (Lipinski definition) is 7. The molecule has 4 aromatic carbocycles. The van der Waals surface area contributed by atoms with Gasteiger partial charge in [-0.05, 0) is 72.3 Å². The molecule has 9 nitrogen and oxygen atoms in total. The fourth-order valence-electron chi connectivity index (χ4n) is 4.90. The Morgan fingerprint density at radius 1 is 0.952 bits per heavy atom. The Labute approximate surface area is 247 Å². The average Bonchev–Trinajstić information content (AvgIpc) is 3.57. The molecule has 0 saturated carbocycles. The van der Waals surface area contributed by atoms with Crippen LogP contribution in [0.15, 0.2) is 106 Å². The van der Waals surface area contributed by atoms with Crippen LogP contribution in [0.1, 0.15) is 12.0 Å². The van der Waals surface area contributed by atoms with Crippen LogP contribution < -0.4 is 9.64 Å². The van der Waals surface area contributed by atoms with Crippen molar-refractivity contribution in [2.24, 2.45) is 0 Å². The number of halogens is 1. The Balaban J connectivity index is 1.33. The predicted molar refractivity (Wildman–Crippen MR) is 158 cm³/mol. The van der Waals surface area contributed by atoms with Gasteiger partial charge in [-0.25, -0.2) is 18.3 Å². The van der Waals surface area contributed by atoms with Gasteiger partial charge in [-0.2, -0.15) is 4.31 Å². The van der Waals surface area contributed by atoms with Crippen molar-refractivity contribution in [1.29, 1.82) is 0 Å². The molecule has 1 unspecified atom stereocenters. The number of imide groups is 1. The molecule has 2 heterocycles. The van der Waals surface area contributed by atoms with E-state index >= 15 is 0 Å². The lowest BCUT2D eigenvalue weighted by atomic mass is 10.2. The highest BCUT2D eigenvalue weighted by Gasteiger charge is 2.47. The lowest BCUT2D eigenvalue weighted by Crippen LogP contribution is -2.45. The van der Waals surface area contributed by atoms with Gasteiger partial charge < -0.3 is 9.15 Å². The SMILES string of the molecule is COc1ccc(S(=O)(=O)N(Cc2ccccc2Cl)C2CC(=O)N(c3ccc(-c4nc5ccccc5o4)cc3)C2=O)cc1. The zero-order chi connectivity index (χ0) is 29.4. The number of anilines is 1. The van der Waals surface area contributed by atoms with Gasteiger partial charge in [0.2, 0.25) is 21.8 Å². The van der Waals surface area contributed by atoms with Gasteiger partial charge in [-0.1, -0.05) is 41.9 Å². The molecule has 5 aromatic rings. The summed E-state index contributed by atoms with van der Waals surface area (Å²) in [5, 5.41) is 0.343. The van der Waals surface area contributed by atoms with E-state index in [1.54, 1.807) is 48.5 Å². The van der Waals surface area contributed by atoms with Gasteiger partial charge in [0.25, 0.3) is 5.91 Å². The summed E-state index contributed by atoms with van der Waals surface area (Å²) in [6.07, 6.45) is -0.328. The summed E-state index contributed by atoms with van der Waals surface area (Å²) < 4.78 is 39.9. The third-order valence-corrected chi connectivity index (χ3v) is 9.32. The Morgan fingerprint density at radius 3 is 2.33 bits per heavy atom. The fourth-order valence-corrected chi connectivity index (χ4v) is 6.66. The molecule has 1 atom stereocenters. The van der Waals surface area contributed by atoms with Crippen LogP contribution in [0.25, 0.3) is 22.6 Å². The number of sulfonamides is 1. The molecule has 42 heavy (non-hydrogen) atoms. The van der Waals surface area contributed by atoms with E-state index in [1.807, 2.05) is 24.3 Å². The molecule has 1 aliphatic rings. The van der Waals surface area contributed by atoms with Crippen LogP contribution in [0.4, 0.5) is 5.69 Å². The second-order valence-electron chi connectivity index (χ2n) is 9.64. The normalized spacial score (nSPS) is 15.6. The van der Waals surface area contributed by atoms with Crippen LogP contribution in [0, 0.1) is 0 Å². The Kier molecular flexibility index (Phi) is 7.28. The number of carbonyl (C=O) groups is 2. The van der Waals surface area contributed by atoms with E-state index in [-0.39, 0.29) is 17.9 Å². The van der Waals surface area contributed by atoms with Crippen molar-refractivity contribution in [3.8, 4) is 17.2 Å². The molecule has 2 amide bonds. The highest BCUT2D eigenvalue weighted by Crippen LogP contribution is 2.33. The molecular weight excluding hydrogens is 578 g/mol. The van der Waals surface area contributed by atoms with Gasteiger partial charge in [0.05, 0.1) is 24.1 Å². The molecule has 0 aliphatic carbocycles. The van der Waals surface area contributed by atoms with Gasteiger partial charge in [0.1, 0.15) is 17.3 Å². The number of benzene rings is 4. The summed E-state index contributed by atoms with van der Waals surface area (Å²) in [5.41, 5.74) is 2.82. The quantitative estimate of drug-likeness (QED) is 0.210. The maximum atomic E-state index is 13.9. The minimum Gasteiger partial charge on any atom is -0.497 e. The van der Waals surface area contributed by atoms with Gasteiger partial charge >= 0.3 is 0 Å². The zero-order valence-electron chi connectivity index (χ0n) is 22.3. The molecule has 0 bridgehead atoms. The van der Waals surface area contributed by atoms with E-state index in [4.69, 9.17) is 20.8 Å². The summed E-state index contributed by atoms with van der Waals surface area (Å²) in [4.78, 5) is 32.5. The first-order valence-corrected chi connectivity index (χ1v) is 14.8. The highest BCUT2D eigenvalue weighted by molar-refractivity contribution is 7.89. The summed E-state index contributed by atoms with van der Waals surface area (Å²) in [6, 6.07) is 25.3. The standard InChI is InChI=1S/C31H24ClN3O6S/c1-40-23-14-16-24(17-15-23)42(38,39)34(19-21-6-2-3-7-25(21)32)27-18-29(36)35(31(27)37)22-12-10-20(11-13-22)30-33-26-8-4-5-9-28(26)41-30/h2-17,27H,18-19H2,1H3. The highest BCUT2D eigenvalue weighted by atomic mass is 35.5. The van der Waals surface area contributed by atoms with Crippen molar-refractivity contribution in [3.05, 3.63) is 108 Å². The van der Waals surface area contributed by atoms with Crippen LogP contribution in [0.3, 0.4) is 0 Å². The average molecular weight is 602 g/mol. The monoisotopic (exact) mass is 601 g/mol. The molecule has 1 fully saturated rings. The van der Waals surface area contributed by atoms with Crippen molar-refractivity contribution in [3.63, 3.8) is 0 Å². The molecular formula is C31H24ClN3O6S. The van der Waals surface area contributed by atoms with Crippen LogP contribution in [-0.4, -0.2) is 42.7 Å². The predicted octanol–water partition coefficient (Wildman–Crippen LogP) is 5.68. The maximum Gasteiger partial charge on any atom is 0.252 e. The number of nitrogens with zero attached hydrogens (tertiary/aromatic N) is 3. The molecule has 11 heteroatoms. The Hall–Kier alpha value is -4.51. The Morgan fingerprint density at radius 2 is 1.64 bits per heavy atom. The van der Waals surface area contributed by atoms with Crippen LogP contribution in [0.5, 0.6) is 5.75 Å². The molecule has 1 aromatic heterocycles. The second-order valence-corrected chi connectivity index (χ2v) is 11.9. The lowest BCUT2D eigenvalue weighted by molar-refractivity contribution is -0.122. The van der Waals surface area contributed by atoms with Crippen LogP contribution in [-0.2, 0) is 26.2 Å². The number of hydrogen-bond donors (Lipinski definition) is 0. The molecule has 6 rings (SSSR count). The number of methoxy groups -OCH3 is 1. The first kappa shape index (κ1) is 27.6. The van der Waals surface area contributed by atoms with Gasteiger partial charge in [-0.15, -0.1) is 0 Å². The third-order valence-electron chi connectivity index (χ3n) is 7.09. The van der Waals surface area contributed by atoms with Gasteiger partial charge in [-0.3, -0.25) is 9.59 Å². The van der Waals surface area contributed by atoms with Gasteiger partial charge in [0.15, 0.2) is 5.58 Å². The lowest BCUT2D eigenvalue weighted by Gasteiger charge is -2.27. The van der Waals surface area contributed by atoms with E-state index in [1.165, 1.54) is 31.4 Å². The minimum atomic E-state index is -4.24. The van der Waals surface area contributed by atoms with E-state index in [0.29, 0.717) is 44.6 Å². The smallest absolute Gasteiger partial charge is 0.252 e. The van der Waals surface area contributed by atoms with Crippen LogP contribution >= 0.6 is 11.6 Å². The summed E-state index contributed by atoms with van der Waals surface area (Å²) in [5.74, 6) is -0.296. The summed E-state index contributed by atoms with van der Waals surface area (Å²) in [7, 11) is -2.77. The molecule has 1 saturated heterocycles. The number of rotatable bonds is 8. The number of carbonyl (C=O) groups excluding carboxylic acids is 2. The number of oxazole rings is 1. The maximum absolute atomic E-state index is 13.9. The van der Waals surface area contributed by atoms with Crippen molar-refractivity contribution in [2.45, 2.75) is 23.9 Å². The number of fused-ring (bicyclic) bond motifs is 1. The molecule has 0 spiro atoms. The first-order valence-electron chi connectivity index (χ1n) is 13.0. The third kappa shape index (κ3) is 5.04. The van der Waals surface area contributed by atoms with Gasteiger partial charge in [0, 0.05) is 17.1 Å². The fraction of sp³-hybridized carbons (Fsp3) is 0.129. The van der Waals surface area contributed by atoms with E-state index in [0.717, 1.165) is 9.21 Å². The molecule has 0 radical (unpaired) electrons. The molecule has 0 N–H and O–H groups in total. The summed E-state index contributed by atoms with van der Waals surface area (Å²) >= 11 is 6.38. The first-order chi connectivity index (χ1) is 20.3. The topological polar surface area (TPSA) is 110 Å². The number of ether oxygens (including phenoxy) is 1. The van der Waals surface area contributed by atoms with Crippen molar-refractivity contribution in [2.75, 3.05) is 12.0 Å². The Bertz CT molecular complexity index is 1870.